The minimum atomic E-state index is -1.54. The van der Waals surface area contributed by atoms with E-state index in [1.165, 1.54) is 0 Å². The third-order valence-corrected chi connectivity index (χ3v) is 3.63. The van der Waals surface area contributed by atoms with Crippen molar-refractivity contribution in [2.24, 2.45) is 5.84 Å². The topological polar surface area (TPSA) is 38.0 Å². The van der Waals surface area contributed by atoms with Gasteiger partial charge in [0.25, 0.3) is 0 Å². The van der Waals surface area contributed by atoms with Gasteiger partial charge in [-0.05, 0) is 29.3 Å². The van der Waals surface area contributed by atoms with Crippen LogP contribution >= 0.6 is 23.2 Å². The van der Waals surface area contributed by atoms with E-state index in [2.05, 4.69) is 5.43 Å². The molecular weight excluding hydrogens is 312 g/mol. The van der Waals surface area contributed by atoms with Gasteiger partial charge >= 0.3 is 0 Å². The lowest BCUT2D eigenvalue weighted by Gasteiger charge is -2.19. The van der Waals surface area contributed by atoms with Crippen molar-refractivity contribution < 1.29 is 13.2 Å². The highest BCUT2D eigenvalue weighted by atomic mass is 35.5. The molecule has 0 aliphatic heterocycles. The van der Waals surface area contributed by atoms with Crippen LogP contribution in [0.25, 0.3) is 0 Å². The molecule has 0 fully saturated rings. The van der Waals surface area contributed by atoms with E-state index in [1.54, 1.807) is 18.2 Å². The lowest BCUT2D eigenvalue weighted by molar-refractivity contribution is 0.442. The van der Waals surface area contributed by atoms with Crippen LogP contribution in [-0.4, -0.2) is 0 Å². The Labute approximate surface area is 123 Å². The molecule has 20 heavy (non-hydrogen) atoms. The maximum Gasteiger partial charge on any atom is 0.194 e. The molecule has 0 aliphatic carbocycles. The molecule has 3 N–H and O–H groups in total. The van der Waals surface area contributed by atoms with Gasteiger partial charge in [-0.15, -0.1) is 0 Å². The van der Waals surface area contributed by atoms with E-state index in [-0.39, 0.29) is 15.6 Å². The Morgan fingerprint density at radius 3 is 2.20 bits per heavy atom. The van der Waals surface area contributed by atoms with Crippen LogP contribution in [0.1, 0.15) is 17.2 Å². The molecule has 1 atom stereocenters. The lowest BCUT2D eigenvalue weighted by Crippen LogP contribution is -2.29. The lowest BCUT2D eigenvalue weighted by atomic mass is 9.99. The Balaban J connectivity index is 2.55. The fraction of sp³-hybridized carbons (Fsp3) is 0.0769. The summed E-state index contributed by atoms with van der Waals surface area (Å²) in [6.07, 6.45) is 0. The van der Waals surface area contributed by atoms with E-state index in [0.717, 1.165) is 12.1 Å². The number of hydrogen-bond acceptors (Lipinski definition) is 2. The molecule has 0 saturated heterocycles. The fourth-order valence-corrected chi connectivity index (χ4v) is 2.27. The summed E-state index contributed by atoms with van der Waals surface area (Å²) in [6, 6.07) is 5.64. The number of nitrogens with one attached hydrogen (secondary N) is 1. The third-order valence-electron chi connectivity index (χ3n) is 2.80. The molecule has 0 bridgehead atoms. The fourth-order valence-electron chi connectivity index (χ4n) is 1.85. The standard InChI is InChI=1S/C13H9Cl2F3N2/c14-8-3-1-2-7(11(8)15)13(20-19)6-4-9(16)12(18)10(17)5-6/h1-5,13,20H,19H2. The Morgan fingerprint density at radius 1 is 1.05 bits per heavy atom. The minimum absolute atomic E-state index is 0.0908. The molecule has 0 radical (unpaired) electrons. The molecule has 0 spiro atoms. The monoisotopic (exact) mass is 320 g/mol. The molecule has 0 heterocycles. The number of rotatable bonds is 3. The predicted molar refractivity (Wildman–Crippen MR) is 71.9 cm³/mol. The summed E-state index contributed by atoms with van der Waals surface area (Å²) in [7, 11) is 0. The van der Waals surface area contributed by atoms with Gasteiger partial charge in [0.2, 0.25) is 0 Å². The van der Waals surface area contributed by atoms with Crippen LogP contribution in [0.15, 0.2) is 30.3 Å². The Hall–Kier alpha value is -1.27. The van der Waals surface area contributed by atoms with E-state index in [1.807, 2.05) is 0 Å². The summed E-state index contributed by atoms with van der Waals surface area (Å²) in [4.78, 5) is 0. The van der Waals surface area contributed by atoms with Gasteiger partial charge in [0.15, 0.2) is 17.5 Å². The van der Waals surface area contributed by atoms with Gasteiger partial charge in [0, 0.05) is 0 Å². The van der Waals surface area contributed by atoms with Gasteiger partial charge in [-0.25, -0.2) is 18.6 Å². The van der Waals surface area contributed by atoms with Crippen molar-refractivity contribution in [3.8, 4) is 0 Å². The molecule has 7 heteroatoms. The first-order valence-corrected chi connectivity index (χ1v) is 6.25. The normalized spacial score (nSPS) is 12.5. The molecule has 2 rings (SSSR count). The summed E-state index contributed by atoms with van der Waals surface area (Å²) in [5.41, 5.74) is 2.89. The molecule has 2 nitrogen and oxygen atoms in total. The maximum absolute atomic E-state index is 13.3. The van der Waals surface area contributed by atoms with Crippen molar-refractivity contribution in [1.29, 1.82) is 0 Å². The summed E-state index contributed by atoms with van der Waals surface area (Å²) < 4.78 is 39.6. The second kappa shape index (κ2) is 6.01. The van der Waals surface area contributed by atoms with Crippen LogP contribution in [0.3, 0.4) is 0 Å². The number of halogens is 5. The van der Waals surface area contributed by atoms with Gasteiger partial charge in [0.05, 0.1) is 16.1 Å². The summed E-state index contributed by atoms with van der Waals surface area (Å²) in [5, 5.41) is 0.467. The molecule has 106 valence electrons. The highest BCUT2D eigenvalue weighted by molar-refractivity contribution is 6.42. The molecule has 0 amide bonds. The average molecular weight is 321 g/mol. The van der Waals surface area contributed by atoms with Crippen LogP contribution in [0, 0.1) is 17.5 Å². The van der Waals surface area contributed by atoms with E-state index in [4.69, 9.17) is 29.0 Å². The first-order valence-electron chi connectivity index (χ1n) is 5.50. The van der Waals surface area contributed by atoms with Gasteiger partial charge in [-0.1, -0.05) is 35.3 Å². The van der Waals surface area contributed by atoms with E-state index < -0.39 is 23.5 Å². The second-order valence-corrected chi connectivity index (χ2v) is 4.83. The third kappa shape index (κ3) is 2.76. The second-order valence-electron chi connectivity index (χ2n) is 4.04. The molecule has 0 saturated carbocycles. The summed E-state index contributed by atoms with van der Waals surface area (Å²) >= 11 is 11.9. The Morgan fingerprint density at radius 2 is 1.65 bits per heavy atom. The molecule has 0 aromatic heterocycles. The SMILES string of the molecule is NNC(c1cc(F)c(F)c(F)c1)c1cccc(Cl)c1Cl. The van der Waals surface area contributed by atoms with Crippen molar-refractivity contribution in [1.82, 2.24) is 5.43 Å². The van der Waals surface area contributed by atoms with E-state index in [9.17, 15) is 13.2 Å². The molecule has 0 aliphatic rings. The van der Waals surface area contributed by atoms with Gasteiger partial charge in [-0.3, -0.25) is 5.84 Å². The molecule has 2 aromatic rings. The van der Waals surface area contributed by atoms with Crippen LogP contribution in [0.4, 0.5) is 13.2 Å². The van der Waals surface area contributed by atoms with Crippen LogP contribution in [0.5, 0.6) is 0 Å². The zero-order valence-electron chi connectivity index (χ0n) is 9.93. The largest absolute Gasteiger partial charge is 0.271 e. The average Bonchev–Trinajstić information content (AvgIpc) is 2.41. The summed E-state index contributed by atoms with van der Waals surface area (Å²) in [5.74, 6) is 1.25. The van der Waals surface area contributed by atoms with Crippen LogP contribution < -0.4 is 11.3 Å². The number of benzene rings is 2. The van der Waals surface area contributed by atoms with Crippen LogP contribution in [0.2, 0.25) is 10.0 Å². The first-order chi connectivity index (χ1) is 9.45. The van der Waals surface area contributed by atoms with Crippen molar-refractivity contribution in [2.45, 2.75) is 6.04 Å². The van der Waals surface area contributed by atoms with Crippen molar-refractivity contribution in [3.05, 3.63) is 69.0 Å². The zero-order chi connectivity index (χ0) is 14.9. The van der Waals surface area contributed by atoms with Crippen molar-refractivity contribution in [3.63, 3.8) is 0 Å². The molecule has 1 unspecified atom stereocenters. The highest BCUT2D eigenvalue weighted by Crippen LogP contribution is 2.33. The van der Waals surface area contributed by atoms with Crippen molar-refractivity contribution >= 4 is 23.2 Å². The number of hydrogen-bond donors (Lipinski definition) is 2. The molecular formula is C13H9Cl2F3N2. The number of hydrazine groups is 1. The van der Waals surface area contributed by atoms with Crippen LogP contribution in [-0.2, 0) is 0 Å². The zero-order valence-corrected chi connectivity index (χ0v) is 11.4. The van der Waals surface area contributed by atoms with E-state index in [0.29, 0.717) is 5.56 Å². The quantitative estimate of drug-likeness (QED) is 0.510. The van der Waals surface area contributed by atoms with Gasteiger partial charge in [-0.2, -0.15) is 0 Å². The van der Waals surface area contributed by atoms with E-state index >= 15 is 0 Å². The smallest absolute Gasteiger partial charge is 0.194 e. The number of nitrogens with two attached hydrogens (primary N) is 1. The first kappa shape index (κ1) is 15.1. The maximum atomic E-state index is 13.3. The van der Waals surface area contributed by atoms with Gasteiger partial charge < -0.3 is 0 Å². The van der Waals surface area contributed by atoms with Crippen molar-refractivity contribution in [2.75, 3.05) is 0 Å². The predicted octanol–water partition coefficient (Wildman–Crippen LogP) is 3.96. The Kier molecular flexibility index (Phi) is 4.55. The van der Waals surface area contributed by atoms with Gasteiger partial charge in [0.1, 0.15) is 0 Å². The summed E-state index contributed by atoms with van der Waals surface area (Å²) in [6.45, 7) is 0. The molecule has 2 aromatic carbocycles. The minimum Gasteiger partial charge on any atom is -0.271 e. The highest BCUT2D eigenvalue weighted by Gasteiger charge is 2.20. The Bertz CT molecular complexity index is 627.